The van der Waals surface area contributed by atoms with Crippen molar-refractivity contribution in [2.75, 3.05) is 12.4 Å². The Morgan fingerprint density at radius 1 is 1.08 bits per heavy atom. The first-order chi connectivity index (χ1) is 12.0. The number of amides is 1. The highest BCUT2D eigenvalue weighted by Crippen LogP contribution is 2.19. The summed E-state index contributed by atoms with van der Waals surface area (Å²) in [6.07, 6.45) is 0. The summed E-state index contributed by atoms with van der Waals surface area (Å²) >= 11 is 5.91. The predicted octanol–water partition coefficient (Wildman–Crippen LogP) is 3.49. The first-order valence-corrected chi connectivity index (χ1v) is 7.59. The van der Waals surface area contributed by atoms with E-state index in [1.54, 1.807) is 18.2 Å². The Bertz CT molecular complexity index is 1020. The molecule has 0 aliphatic carbocycles. The molecule has 0 unspecified atom stereocenters. The summed E-state index contributed by atoms with van der Waals surface area (Å²) in [5.41, 5.74) is 0.210. The fourth-order valence-electron chi connectivity index (χ4n) is 2.26. The second kappa shape index (κ2) is 6.78. The van der Waals surface area contributed by atoms with Gasteiger partial charge in [0.25, 0.3) is 5.91 Å². The molecule has 0 radical (unpaired) electrons. The Balaban J connectivity index is 1.88. The van der Waals surface area contributed by atoms with Crippen LogP contribution in [0.4, 0.5) is 5.69 Å². The molecule has 0 spiro atoms. The van der Waals surface area contributed by atoms with Gasteiger partial charge in [-0.1, -0.05) is 11.6 Å². The van der Waals surface area contributed by atoms with Crippen molar-refractivity contribution in [1.82, 2.24) is 0 Å². The lowest BCUT2D eigenvalue weighted by Gasteiger charge is -2.06. The van der Waals surface area contributed by atoms with Crippen LogP contribution in [0.5, 0.6) is 0 Å². The molecular formula is C18H12ClNO5. The topological polar surface area (TPSA) is 85.6 Å². The van der Waals surface area contributed by atoms with Crippen LogP contribution < -0.4 is 10.9 Å². The van der Waals surface area contributed by atoms with Crippen LogP contribution in [0.25, 0.3) is 11.0 Å². The summed E-state index contributed by atoms with van der Waals surface area (Å²) in [4.78, 5) is 35.7. The van der Waals surface area contributed by atoms with Gasteiger partial charge in [-0.05, 0) is 48.5 Å². The highest BCUT2D eigenvalue weighted by molar-refractivity contribution is 6.31. The number of anilines is 1. The van der Waals surface area contributed by atoms with E-state index in [2.05, 4.69) is 10.1 Å². The van der Waals surface area contributed by atoms with Gasteiger partial charge in [0, 0.05) is 16.1 Å². The molecule has 0 bridgehead atoms. The average Bonchev–Trinajstić information content (AvgIpc) is 2.61. The molecule has 1 heterocycles. The van der Waals surface area contributed by atoms with Crippen LogP contribution in [0, 0.1) is 0 Å². The Labute approximate surface area is 147 Å². The number of carbonyl (C=O) groups is 2. The molecule has 126 valence electrons. The van der Waals surface area contributed by atoms with Crippen molar-refractivity contribution in [3.05, 3.63) is 75.1 Å². The zero-order valence-corrected chi connectivity index (χ0v) is 13.8. The van der Waals surface area contributed by atoms with Crippen LogP contribution in [-0.4, -0.2) is 19.0 Å². The maximum Gasteiger partial charge on any atom is 0.349 e. The predicted molar refractivity (Wildman–Crippen MR) is 93.2 cm³/mol. The maximum absolute atomic E-state index is 12.3. The fraction of sp³-hybridized carbons (Fsp3) is 0.0556. The summed E-state index contributed by atoms with van der Waals surface area (Å²) < 4.78 is 9.74. The monoisotopic (exact) mass is 357 g/mol. The number of nitrogens with one attached hydrogen (secondary N) is 1. The average molecular weight is 358 g/mol. The molecular weight excluding hydrogens is 346 g/mol. The van der Waals surface area contributed by atoms with Crippen LogP contribution in [0.15, 0.2) is 57.7 Å². The molecule has 3 rings (SSSR count). The molecule has 0 atom stereocenters. The molecule has 6 nitrogen and oxygen atoms in total. The van der Waals surface area contributed by atoms with Crippen LogP contribution in [0.2, 0.25) is 5.02 Å². The number of rotatable bonds is 3. The van der Waals surface area contributed by atoms with Crippen LogP contribution in [0.3, 0.4) is 0 Å². The number of ether oxygens (including phenoxy) is 1. The van der Waals surface area contributed by atoms with Gasteiger partial charge in [0.1, 0.15) is 11.1 Å². The van der Waals surface area contributed by atoms with E-state index in [9.17, 15) is 14.4 Å². The van der Waals surface area contributed by atoms with E-state index >= 15 is 0 Å². The third kappa shape index (κ3) is 3.54. The Kier molecular flexibility index (Phi) is 4.54. The van der Waals surface area contributed by atoms with Gasteiger partial charge in [-0.25, -0.2) is 9.59 Å². The molecule has 1 aromatic heterocycles. The summed E-state index contributed by atoms with van der Waals surface area (Å²) in [5, 5.41) is 3.58. The minimum Gasteiger partial charge on any atom is -0.465 e. The van der Waals surface area contributed by atoms with E-state index in [0.29, 0.717) is 27.2 Å². The quantitative estimate of drug-likeness (QED) is 0.573. The number of fused-ring (bicyclic) bond motifs is 1. The molecule has 1 amide bonds. The standard InChI is InChI=1S/C18H12ClNO5/c1-24-17(22)10-2-5-13(6-3-10)20-16(21)14-9-11-8-12(19)4-7-15(11)25-18(14)23/h2-9H,1H3,(H,20,21). The Hall–Kier alpha value is -3.12. The SMILES string of the molecule is COC(=O)c1ccc(NC(=O)c2cc3cc(Cl)ccc3oc2=O)cc1. The number of methoxy groups -OCH3 is 1. The van der Waals surface area contributed by atoms with Gasteiger partial charge in [0.2, 0.25) is 0 Å². The zero-order valence-electron chi connectivity index (χ0n) is 13.0. The second-order valence-electron chi connectivity index (χ2n) is 5.15. The minimum atomic E-state index is -0.751. The van der Waals surface area contributed by atoms with Crippen LogP contribution in [-0.2, 0) is 4.74 Å². The van der Waals surface area contributed by atoms with Crippen molar-refractivity contribution in [2.45, 2.75) is 0 Å². The number of halogens is 1. The number of benzene rings is 2. The van der Waals surface area contributed by atoms with Crippen molar-refractivity contribution >= 4 is 40.1 Å². The zero-order chi connectivity index (χ0) is 18.0. The number of esters is 1. The molecule has 0 aliphatic rings. The molecule has 0 aliphatic heterocycles. The summed E-state index contributed by atoms with van der Waals surface area (Å²) in [6.45, 7) is 0. The Morgan fingerprint density at radius 2 is 1.80 bits per heavy atom. The van der Waals surface area contributed by atoms with Gasteiger partial charge < -0.3 is 14.5 Å². The lowest BCUT2D eigenvalue weighted by Crippen LogP contribution is -2.20. The lowest BCUT2D eigenvalue weighted by atomic mass is 10.1. The van der Waals surface area contributed by atoms with E-state index in [4.69, 9.17) is 16.0 Å². The molecule has 0 saturated heterocycles. The van der Waals surface area contributed by atoms with E-state index in [1.807, 2.05) is 0 Å². The van der Waals surface area contributed by atoms with Gasteiger partial charge in [0.15, 0.2) is 0 Å². The molecule has 7 heteroatoms. The highest BCUT2D eigenvalue weighted by atomic mass is 35.5. The summed E-state index contributed by atoms with van der Waals surface area (Å²) in [7, 11) is 1.28. The first-order valence-electron chi connectivity index (χ1n) is 7.21. The molecule has 3 aromatic rings. The largest absolute Gasteiger partial charge is 0.465 e. The van der Waals surface area contributed by atoms with E-state index in [0.717, 1.165) is 0 Å². The molecule has 2 aromatic carbocycles. The van der Waals surface area contributed by atoms with Crippen LogP contribution in [0.1, 0.15) is 20.7 Å². The highest BCUT2D eigenvalue weighted by Gasteiger charge is 2.14. The van der Waals surface area contributed by atoms with Gasteiger partial charge in [-0.15, -0.1) is 0 Å². The van der Waals surface area contributed by atoms with E-state index in [-0.39, 0.29) is 5.56 Å². The van der Waals surface area contributed by atoms with Crippen molar-refractivity contribution in [3.63, 3.8) is 0 Å². The van der Waals surface area contributed by atoms with Gasteiger partial charge in [-0.3, -0.25) is 4.79 Å². The smallest absolute Gasteiger partial charge is 0.349 e. The number of carbonyl (C=O) groups excluding carboxylic acids is 2. The normalized spacial score (nSPS) is 10.5. The Morgan fingerprint density at radius 3 is 2.48 bits per heavy atom. The fourth-order valence-corrected chi connectivity index (χ4v) is 2.44. The van der Waals surface area contributed by atoms with Gasteiger partial charge in [-0.2, -0.15) is 0 Å². The second-order valence-corrected chi connectivity index (χ2v) is 5.59. The molecule has 0 fully saturated rings. The van der Waals surface area contributed by atoms with Gasteiger partial charge >= 0.3 is 11.6 Å². The number of hydrogen-bond acceptors (Lipinski definition) is 5. The summed E-state index contributed by atoms with van der Waals surface area (Å²) in [5.74, 6) is -1.11. The first kappa shape index (κ1) is 16.7. The van der Waals surface area contributed by atoms with Gasteiger partial charge in [0.05, 0.1) is 12.7 Å². The summed E-state index contributed by atoms with van der Waals surface area (Å²) in [6, 6.07) is 12.2. The van der Waals surface area contributed by atoms with E-state index in [1.165, 1.54) is 37.4 Å². The third-order valence-corrected chi connectivity index (χ3v) is 3.74. The third-order valence-electron chi connectivity index (χ3n) is 3.50. The van der Waals surface area contributed by atoms with E-state index < -0.39 is 17.5 Å². The van der Waals surface area contributed by atoms with Crippen molar-refractivity contribution in [2.24, 2.45) is 0 Å². The minimum absolute atomic E-state index is 0.146. The molecule has 25 heavy (non-hydrogen) atoms. The maximum atomic E-state index is 12.3. The van der Waals surface area contributed by atoms with Crippen molar-refractivity contribution < 1.29 is 18.7 Å². The van der Waals surface area contributed by atoms with Crippen molar-refractivity contribution in [3.8, 4) is 0 Å². The van der Waals surface area contributed by atoms with Crippen LogP contribution >= 0.6 is 11.6 Å². The number of hydrogen-bond donors (Lipinski definition) is 1. The van der Waals surface area contributed by atoms with Crippen molar-refractivity contribution in [1.29, 1.82) is 0 Å². The molecule has 1 N–H and O–H groups in total. The molecule has 0 saturated carbocycles. The lowest BCUT2D eigenvalue weighted by molar-refractivity contribution is 0.0600.